The molecule has 0 heterocycles. The molecule has 104 valence electrons. The molecule has 20 heavy (non-hydrogen) atoms. The van der Waals surface area contributed by atoms with Gasteiger partial charge in [0.25, 0.3) is 5.91 Å². The number of halogens is 1. The van der Waals surface area contributed by atoms with E-state index in [-0.39, 0.29) is 17.1 Å². The Kier molecular flexibility index (Phi) is 3.89. The van der Waals surface area contributed by atoms with Crippen molar-refractivity contribution in [3.05, 3.63) is 53.3 Å². The number of methoxy groups -OCH3 is 1. The first-order chi connectivity index (χ1) is 9.52. The lowest BCUT2D eigenvalue weighted by molar-refractivity contribution is 0.102. The summed E-state index contributed by atoms with van der Waals surface area (Å²) in [7, 11) is 1.36. The molecule has 2 aromatic rings. The van der Waals surface area contributed by atoms with Crippen molar-refractivity contribution < 1.29 is 19.0 Å². The van der Waals surface area contributed by atoms with Gasteiger partial charge in [0.2, 0.25) is 0 Å². The number of ether oxygens (including phenoxy) is 1. The standard InChI is InChI=1S/C15H14FNO3/c1-9-6-7-10(8-12(9)18)17-15(19)14-11(16)4-3-5-13(14)20-2/h3-8,18H,1-2H3,(H,17,19). The van der Waals surface area contributed by atoms with Gasteiger partial charge in [0.1, 0.15) is 22.9 Å². The summed E-state index contributed by atoms with van der Waals surface area (Å²) in [5, 5.41) is 12.1. The zero-order chi connectivity index (χ0) is 14.7. The molecule has 0 radical (unpaired) electrons. The number of rotatable bonds is 3. The Labute approximate surface area is 115 Å². The van der Waals surface area contributed by atoms with E-state index in [9.17, 15) is 14.3 Å². The molecular formula is C15H14FNO3. The first kappa shape index (κ1) is 13.9. The van der Waals surface area contributed by atoms with Gasteiger partial charge in [-0.2, -0.15) is 0 Å². The summed E-state index contributed by atoms with van der Waals surface area (Å²) >= 11 is 0. The van der Waals surface area contributed by atoms with Crippen molar-refractivity contribution in [1.82, 2.24) is 0 Å². The largest absolute Gasteiger partial charge is 0.508 e. The van der Waals surface area contributed by atoms with Crippen molar-refractivity contribution in [2.24, 2.45) is 0 Å². The minimum absolute atomic E-state index is 0.0586. The molecule has 5 heteroatoms. The number of nitrogens with one attached hydrogen (secondary N) is 1. The molecule has 0 saturated heterocycles. The van der Waals surface area contributed by atoms with Crippen LogP contribution >= 0.6 is 0 Å². The lowest BCUT2D eigenvalue weighted by atomic mass is 10.1. The van der Waals surface area contributed by atoms with E-state index in [0.29, 0.717) is 11.3 Å². The lowest BCUT2D eigenvalue weighted by Crippen LogP contribution is -2.15. The highest BCUT2D eigenvalue weighted by molar-refractivity contribution is 6.06. The number of carbonyl (C=O) groups excluding carboxylic acids is 1. The number of aryl methyl sites for hydroxylation is 1. The molecule has 2 N–H and O–H groups in total. The molecule has 0 bridgehead atoms. The summed E-state index contributed by atoms with van der Waals surface area (Å²) in [5.74, 6) is -1.09. The van der Waals surface area contributed by atoms with E-state index < -0.39 is 11.7 Å². The van der Waals surface area contributed by atoms with Crippen LogP contribution in [0.3, 0.4) is 0 Å². The van der Waals surface area contributed by atoms with Crippen LogP contribution in [0.15, 0.2) is 36.4 Å². The maximum atomic E-state index is 13.7. The zero-order valence-electron chi connectivity index (χ0n) is 11.1. The molecule has 2 rings (SSSR count). The van der Waals surface area contributed by atoms with Crippen LogP contribution in [0, 0.1) is 12.7 Å². The lowest BCUT2D eigenvalue weighted by Gasteiger charge is -2.10. The molecular weight excluding hydrogens is 261 g/mol. The molecule has 0 spiro atoms. The molecule has 0 aliphatic rings. The van der Waals surface area contributed by atoms with Crippen LogP contribution in [0.2, 0.25) is 0 Å². The Balaban J connectivity index is 2.30. The second kappa shape index (κ2) is 5.61. The molecule has 2 aromatic carbocycles. The number of hydrogen-bond donors (Lipinski definition) is 2. The van der Waals surface area contributed by atoms with Crippen molar-refractivity contribution in [2.75, 3.05) is 12.4 Å². The van der Waals surface area contributed by atoms with Crippen molar-refractivity contribution in [3.8, 4) is 11.5 Å². The normalized spacial score (nSPS) is 10.2. The van der Waals surface area contributed by atoms with Crippen molar-refractivity contribution in [2.45, 2.75) is 6.92 Å². The SMILES string of the molecule is COc1cccc(F)c1C(=O)Nc1ccc(C)c(O)c1. The second-order valence-electron chi connectivity index (χ2n) is 4.27. The Morgan fingerprint density at radius 3 is 2.70 bits per heavy atom. The number of benzene rings is 2. The number of anilines is 1. The average Bonchev–Trinajstić information content (AvgIpc) is 2.42. The van der Waals surface area contributed by atoms with E-state index in [4.69, 9.17) is 4.74 Å². The van der Waals surface area contributed by atoms with E-state index >= 15 is 0 Å². The third-order valence-corrected chi connectivity index (χ3v) is 2.89. The fraction of sp³-hybridized carbons (Fsp3) is 0.133. The summed E-state index contributed by atoms with van der Waals surface area (Å²) in [6.45, 7) is 1.74. The van der Waals surface area contributed by atoms with Gasteiger partial charge < -0.3 is 15.2 Å². The molecule has 0 aromatic heterocycles. The summed E-state index contributed by atoms with van der Waals surface area (Å²) in [6, 6.07) is 8.83. The number of phenols is 1. The summed E-state index contributed by atoms with van der Waals surface area (Å²) in [6.07, 6.45) is 0. The summed E-state index contributed by atoms with van der Waals surface area (Å²) < 4.78 is 18.7. The van der Waals surface area contributed by atoms with Crippen LogP contribution in [-0.4, -0.2) is 18.1 Å². The second-order valence-corrected chi connectivity index (χ2v) is 4.27. The highest BCUT2D eigenvalue weighted by Gasteiger charge is 2.17. The van der Waals surface area contributed by atoms with Crippen molar-refractivity contribution in [3.63, 3.8) is 0 Å². The molecule has 1 amide bonds. The topological polar surface area (TPSA) is 58.6 Å². The molecule has 0 unspecified atom stereocenters. The predicted molar refractivity (Wildman–Crippen MR) is 73.7 cm³/mol. The Hall–Kier alpha value is -2.56. The Bertz CT molecular complexity index is 656. The fourth-order valence-corrected chi connectivity index (χ4v) is 1.78. The fourth-order valence-electron chi connectivity index (χ4n) is 1.78. The third kappa shape index (κ3) is 2.71. The third-order valence-electron chi connectivity index (χ3n) is 2.89. The number of hydrogen-bond acceptors (Lipinski definition) is 3. The van der Waals surface area contributed by atoms with Gasteiger partial charge in [-0.25, -0.2) is 4.39 Å². The quantitative estimate of drug-likeness (QED) is 0.905. The zero-order valence-corrected chi connectivity index (χ0v) is 11.1. The number of phenolic OH excluding ortho intramolecular Hbond substituents is 1. The van der Waals surface area contributed by atoms with Gasteiger partial charge in [0, 0.05) is 11.8 Å². The number of carbonyl (C=O) groups is 1. The maximum absolute atomic E-state index is 13.7. The minimum Gasteiger partial charge on any atom is -0.508 e. The van der Waals surface area contributed by atoms with Gasteiger partial charge in [-0.3, -0.25) is 4.79 Å². The van der Waals surface area contributed by atoms with Crippen LogP contribution in [-0.2, 0) is 0 Å². The van der Waals surface area contributed by atoms with E-state index in [1.165, 1.54) is 31.4 Å². The minimum atomic E-state index is -0.668. The first-order valence-electron chi connectivity index (χ1n) is 5.96. The van der Waals surface area contributed by atoms with Crippen LogP contribution in [0.5, 0.6) is 11.5 Å². The molecule has 0 aliphatic heterocycles. The van der Waals surface area contributed by atoms with Gasteiger partial charge in [0.05, 0.1) is 7.11 Å². The van der Waals surface area contributed by atoms with Crippen LogP contribution in [0.25, 0.3) is 0 Å². The number of amides is 1. The molecule has 4 nitrogen and oxygen atoms in total. The van der Waals surface area contributed by atoms with Crippen LogP contribution in [0.4, 0.5) is 10.1 Å². The highest BCUT2D eigenvalue weighted by atomic mass is 19.1. The molecule has 0 atom stereocenters. The summed E-state index contributed by atoms with van der Waals surface area (Å²) in [4.78, 5) is 12.1. The molecule has 0 saturated carbocycles. The van der Waals surface area contributed by atoms with Gasteiger partial charge in [0.15, 0.2) is 0 Å². The van der Waals surface area contributed by atoms with Crippen LogP contribution in [0.1, 0.15) is 15.9 Å². The monoisotopic (exact) mass is 275 g/mol. The first-order valence-corrected chi connectivity index (χ1v) is 5.96. The van der Waals surface area contributed by atoms with Gasteiger partial charge in [-0.05, 0) is 30.7 Å². The molecule has 0 aliphatic carbocycles. The van der Waals surface area contributed by atoms with E-state index in [1.807, 2.05) is 0 Å². The predicted octanol–water partition coefficient (Wildman–Crippen LogP) is 3.10. The average molecular weight is 275 g/mol. The summed E-state index contributed by atoms with van der Waals surface area (Å²) in [5.41, 5.74) is 0.893. The smallest absolute Gasteiger partial charge is 0.262 e. The van der Waals surface area contributed by atoms with Gasteiger partial charge in [-0.1, -0.05) is 12.1 Å². The van der Waals surface area contributed by atoms with E-state index in [2.05, 4.69) is 5.32 Å². The molecule has 0 fully saturated rings. The van der Waals surface area contributed by atoms with E-state index in [1.54, 1.807) is 19.1 Å². The van der Waals surface area contributed by atoms with Gasteiger partial charge in [-0.15, -0.1) is 0 Å². The maximum Gasteiger partial charge on any atom is 0.262 e. The van der Waals surface area contributed by atoms with Crippen molar-refractivity contribution >= 4 is 11.6 Å². The highest BCUT2D eigenvalue weighted by Crippen LogP contribution is 2.25. The van der Waals surface area contributed by atoms with Gasteiger partial charge >= 0.3 is 0 Å². The van der Waals surface area contributed by atoms with Crippen LogP contribution < -0.4 is 10.1 Å². The Morgan fingerprint density at radius 2 is 2.05 bits per heavy atom. The number of aromatic hydroxyl groups is 1. The van der Waals surface area contributed by atoms with E-state index in [0.717, 1.165) is 0 Å². The Morgan fingerprint density at radius 1 is 1.30 bits per heavy atom. The van der Waals surface area contributed by atoms with Crippen molar-refractivity contribution in [1.29, 1.82) is 0 Å².